The molecule has 2 nitrogen and oxygen atoms in total. The molecule has 78 valence electrons. The number of hydrogen-bond acceptors (Lipinski definition) is 3. The Hall–Kier alpha value is -0.870. The van der Waals surface area contributed by atoms with Crippen LogP contribution in [0.25, 0.3) is 0 Å². The Morgan fingerprint density at radius 1 is 1.53 bits per heavy atom. The first kappa shape index (κ1) is 10.6. The summed E-state index contributed by atoms with van der Waals surface area (Å²) in [6, 6.07) is 4.12. The SMILES string of the molecule is Cc1ccnc(N)c1Cc1cc(Br)cs1. The second kappa shape index (κ2) is 4.33. The van der Waals surface area contributed by atoms with E-state index in [1.54, 1.807) is 17.5 Å². The van der Waals surface area contributed by atoms with Crippen molar-refractivity contribution >= 4 is 33.1 Å². The molecule has 2 heterocycles. The standard InChI is InChI=1S/C11H11BrN2S/c1-7-2-3-14-11(13)10(7)5-9-4-8(12)6-15-9/h2-4,6H,5H2,1H3,(H2,13,14). The number of nitrogens with two attached hydrogens (primary N) is 1. The molecule has 0 spiro atoms. The summed E-state index contributed by atoms with van der Waals surface area (Å²) in [6.07, 6.45) is 2.61. The van der Waals surface area contributed by atoms with Gasteiger partial charge in [0.1, 0.15) is 5.82 Å². The Morgan fingerprint density at radius 2 is 2.33 bits per heavy atom. The topological polar surface area (TPSA) is 38.9 Å². The van der Waals surface area contributed by atoms with Crippen molar-refractivity contribution in [3.05, 3.63) is 44.2 Å². The summed E-state index contributed by atoms with van der Waals surface area (Å²) >= 11 is 5.18. The molecule has 2 rings (SSSR count). The summed E-state index contributed by atoms with van der Waals surface area (Å²) in [5.41, 5.74) is 8.19. The largest absolute Gasteiger partial charge is 0.383 e. The van der Waals surface area contributed by atoms with Crippen LogP contribution in [0.1, 0.15) is 16.0 Å². The average molecular weight is 283 g/mol. The van der Waals surface area contributed by atoms with Gasteiger partial charge in [-0.2, -0.15) is 0 Å². The minimum absolute atomic E-state index is 0.638. The number of hydrogen-bond donors (Lipinski definition) is 1. The zero-order valence-electron chi connectivity index (χ0n) is 8.33. The molecule has 0 atom stereocenters. The lowest BCUT2D eigenvalue weighted by Gasteiger charge is -2.06. The van der Waals surface area contributed by atoms with Crippen molar-refractivity contribution < 1.29 is 0 Å². The minimum Gasteiger partial charge on any atom is -0.383 e. The maximum absolute atomic E-state index is 5.86. The number of aromatic nitrogens is 1. The Labute approximate surface area is 101 Å². The molecule has 0 aliphatic carbocycles. The maximum Gasteiger partial charge on any atom is 0.127 e. The number of nitrogens with zero attached hydrogens (tertiary/aromatic N) is 1. The lowest BCUT2D eigenvalue weighted by atomic mass is 10.1. The quantitative estimate of drug-likeness (QED) is 0.917. The van der Waals surface area contributed by atoms with Crippen molar-refractivity contribution in [1.29, 1.82) is 0 Å². The fourth-order valence-electron chi connectivity index (χ4n) is 1.46. The zero-order valence-corrected chi connectivity index (χ0v) is 10.7. The number of thiophene rings is 1. The normalized spacial score (nSPS) is 10.5. The first-order chi connectivity index (χ1) is 7.16. The molecule has 0 aliphatic heterocycles. The highest BCUT2D eigenvalue weighted by Gasteiger charge is 2.06. The number of halogens is 1. The maximum atomic E-state index is 5.86. The summed E-state index contributed by atoms with van der Waals surface area (Å²) in [6.45, 7) is 2.07. The van der Waals surface area contributed by atoms with E-state index in [1.165, 1.54) is 10.4 Å². The Balaban J connectivity index is 2.31. The predicted octanol–water partition coefficient (Wildman–Crippen LogP) is 3.39. The number of pyridine rings is 1. The molecule has 0 aromatic carbocycles. The second-order valence-corrected chi connectivity index (χ2v) is 5.31. The molecule has 0 unspecified atom stereocenters. The van der Waals surface area contributed by atoms with Crippen LogP contribution in [0.15, 0.2) is 28.2 Å². The third-order valence-corrected chi connectivity index (χ3v) is 3.99. The Bertz CT molecular complexity index is 459. The average Bonchev–Trinajstić information content (AvgIpc) is 2.58. The van der Waals surface area contributed by atoms with Crippen LogP contribution in [0.2, 0.25) is 0 Å². The van der Waals surface area contributed by atoms with Gasteiger partial charge in [0.15, 0.2) is 0 Å². The number of anilines is 1. The first-order valence-electron chi connectivity index (χ1n) is 4.59. The van der Waals surface area contributed by atoms with Crippen molar-refractivity contribution in [2.75, 3.05) is 5.73 Å². The molecule has 0 saturated heterocycles. The summed E-state index contributed by atoms with van der Waals surface area (Å²) in [7, 11) is 0. The van der Waals surface area contributed by atoms with Crippen LogP contribution in [0.4, 0.5) is 5.82 Å². The van der Waals surface area contributed by atoms with Crippen molar-refractivity contribution in [2.45, 2.75) is 13.3 Å². The van der Waals surface area contributed by atoms with Crippen molar-refractivity contribution in [2.24, 2.45) is 0 Å². The summed E-state index contributed by atoms with van der Waals surface area (Å²) in [5, 5.41) is 2.08. The van der Waals surface area contributed by atoms with Crippen molar-refractivity contribution in [3.63, 3.8) is 0 Å². The van der Waals surface area contributed by atoms with Crippen LogP contribution in [-0.2, 0) is 6.42 Å². The van der Waals surface area contributed by atoms with Gasteiger partial charge in [0.25, 0.3) is 0 Å². The Kier molecular flexibility index (Phi) is 3.07. The van der Waals surface area contributed by atoms with E-state index < -0.39 is 0 Å². The third kappa shape index (κ3) is 2.38. The van der Waals surface area contributed by atoms with E-state index in [9.17, 15) is 0 Å². The monoisotopic (exact) mass is 282 g/mol. The van der Waals surface area contributed by atoms with E-state index >= 15 is 0 Å². The van der Waals surface area contributed by atoms with Crippen LogP contribution in [-0.4, -0.2) is 4.98 Å². The smallest absolute Gasteiger partial charge is 0.127 e. The van der Waals surface area contributed by atoms with Gasteiger partial charge in [-0.1, -0.05) is 0 Å². The molecule has 4 heteroatoms. The molecule has 0 bridgehead atoms. The molecule has 0 radical (unpaired) electrons. The number of aryl methyl sites for hydroxylation is 1. The van der Waals surface area contributed by atoms with Crippen LogP contribution < -0.4 is 5.73 Å². The number of nitrogen functional groups attached to an aromatic ring is 1. The summed E-state index contributed by atoms with van der Waals surface area (Å²) in [4.78, 5) is 5.41. The van der Waals surface area contributed by atoms with E-state index in [-0.39, 0.29) is 0 Å². The second-order valence-electron chi connectivity index (χ2n) is 3.40. The number of rotatable bonds is 2. The van der Waals surface area contributed by atoms with Gasteiger partial charge in [0.05, 0.1) is 0 Å². The minimum atomic E-state index is 0.638. The van der Waals surface area contributed by atoms with Crippen LogP contribution in [0.3, 0.4) is 0 Å². The van der Waals surface area contributed by atoms with Crippen LogP contribution >= 0.6 is 27.3 Å². The lowest BCUT2D eigenvalue weighted by Crippen LogP contribution is -2.00. The molecular formula is C11H11BrN2S. The third-order valence-electron chi connectivity index (χ3n) is 2.30. The molecule has 0 saturated carbocycles. The zero-order chi connectivity index (χ0) is 10.8. The van der Waals surface area contributed by atoms with E-state index in [0.717, 1.165) is 16.5 Å². The highest BCUT2D eigenvalue weighted by Crippen LogP contribution is 2.25. The fourth-order valence-corrected chi connectivity index (χ4v) is 2.92. The van der Waals surface area contributed by atoms with Gasteiger partial charge in [-0.25, -0.2) is 4.98 Å². The predicted molar refractivity (Wildman–Crippen MR) is 68.2 cm³/mol. The Morgan fingerprint density at radius 3 is 2.93 bits per heavy atom. The van der Waals surface area contributed by atoms with Gasteiger partial charge in [-0.15, -0.1) is 11.3 Å². The van der Waals surface area contributed by atoms with Gasteiger partial charge in [-0.05, 0) is 40.5 Å². The molecule has 2 aromatic heterocycles. The summed E-state index contributed by atoms with van der Waals surface area (Å²) < 4.78 is 1.13. The molecule has 0 aliphatic rings. The highest BCUT2D eigenvalue weighted by molar-refractivity contribution is 9.10. The van der Waals surface area contributed by atoms with Gasteiger partial charge < -0.3 is 5.73 Å². The van der Waals surface area contributed by atoms with Gasteiger partial charge in [-0.3, -0.25) is 0 Å². The van der Waals surface area contributed by atoms with Crippen LogP contribution in [0, 0.1) is 6.92 Å². The first-order valence-corrected chi connectivity index (χ1v) is 6.27. The molecule has 2 aromatic rings. The van der Waals surface area contributed by atoms with E-state index in [0.29, 0.717) is 5.82 Å². The van der Waals surface area contributed by atoms with Crippen LogP contribution in [0.5, 0.6) is 0 Å². The van der Waals surface area contributed by atoms with Gasteiger partial charge in [0, 0.05) is 32.9 Å². The molecule has 0 fully saturated rings. The highest BCUT2D eigenvalue weighted by atomic mass is 79.9. The van der Waals surface area contributed by atoms with E-state index in [1.807, 2.05) is 6.07 Å². The van der Waals surface area contributed by atoms with E-state index in [2.05, 4.69) is 39.3 Å². The summed E-state index contributed by atoms with van der Waals surface area (Å²) in [5.74, 6) is 0.638. The van der Waals surface area contributed by atoms with Crippen molar-refractivity contribution in [1.82, 2.24) is 4.98 Å². The van der Waals surface area contributed by atoms with Gasteiger partial charge in [0.2, 0.25) is 0 Å². The molecular weight excluding hydrogens is 272 g/mol. The lowest BCUT2D eigenvalue weighted by molar-refractivity contribution is 1.14. The van der Waals surface area contributed by atoms with Gasteiger partial charge >= 0.3 is 0 Å². The fraction of sp³-hybridized carbons (Fsp3) is 0.182. The van der Waals surface area contributed by atoms with Crippen molar-refractivity contribution in [3.8, 4) is 0 Å². The molecule has 0 amide bonds. The van der Waals surface area contributed by atoms with E-state index in [4.69, 9.17) is 5.73 Å². The molecule has 15 heavy (non-hydrogen) atoms. The molecule has 2 N–H and O–H groups in total.